The van der Waals surface area contributed by atoms with Crippen LogP contribution in [0.5, 0.6) is 0 Å². The summed E-state index contributed by atoms with van der Waals surface area (Å²) in [6.45, 7) is 4.07. The lowest BCUT2D eigenvalue weighted by molar-refractivity contribution is -0.00121. The van der Waals surface area contributed by atoms with E-state index in [-0.39, 0.29) is 12.0 Å². The molecule has 7 heteroatoms. The molecule has 0 unspecified atom stereocenters. The van der Waals surface area contributed by atoms with Crippen LogP contribution in [0.4, 0.5) is 5.69 Å². The fraction of sp³-hybridized carbons (Fsp3) is 0.304. The normalized spacial score (nSPS) is 18.9. The Morgan fingerprint density at radius 1 is 1.00 bits per heavy atom. The summed E-state index contributed by atoms with van der Waals surface area (Å²) in [5, 5.41) is 5.31. The molecular weight excluding hydrogens is 400 g/mol. The number of para-hydroxylation sites is 1. The van der Waals surface area contributed by atoms with Gasteiger partial charge in [0.2, 0.25) is 0 Å². The molecule has 1 atom stereocenters. The Hall–Kier alpha value is -2.83. The molecule has 1 aromatic heterocycles. The first-order valence-electron chi connectivity index (χ1n) is 10.2. The second-order valence-electron chi connectivity index (χ2n) is 7.67. The monoisotopic (exact) mass is 422 g/mol. The molecule has 0 bridgehead atoms. The summed E-state index contributed by atoms with van der Waals surface area (Å²) in [4.78, 5) is 17.2. The fourth-order valence-electron chi connectivity index (χ4n) is 4.08. The molecule has 5 rings (SSSR count). The number of anilines is 1. The number of hydrogen-bond donors (Lipinski definition) is 0. The highest BCUT2D eigenvalue weighted by molar-refractivity contribution is 6.30. The third kappa shape index (κ3) is 3.80. The maximum Gasteiger partial charge on any atom is 0.274 e. The van der Waals surface area contributed by atoms with E-state index in [1.165, 1.54) is 5.69 Å². The molecule has 0 aliphatic carbocycles. The van der Waals surface area contributed by atoms with E-state index in [4.69, 9.17) is 16.3 Å². The van der Waals surface area contributed by atoms with E-state index in [9.17, 15) is 4.79 Å². The molecule has 1 amide bonds. The van der Waals surface area contributed by atoms with Crippen molar-refractivity contribution < 1.29 is 9.53 Å². The molecule has 3 heterocycles. The van der Waals surface area contributed by atoms with Gasteiger partial charge in [-0.05, 0) is 35.9 Å². The van der Waals surface area contributed by atoms with Crippen molar-refractivity contribution in [1.82, 2.24) is 14.7 Å². The Bertz CT molecular complexity index is 1030. The van der Waals surface area contributed by atoms with Gasteiger partial charge in [-0.3, -0.25) is 9.48 Å². The van der Waals surface area contributed by atoms with Crippen molar-refractivity contribution in [1.29, 1.82) is 0 Å². The zero-order valence-corrected chi connectivity index (χ0v) is 17.3. The lowest BCUT2D eigenvalue weighted by Crippen LogP contribution is -2.48. The number of amides is 1. The van der Waals surface area contributed by atoms with Gasteiger partial charge in [0.25, 0.3) is 5.91 Å². The highest BCUT2D eigenvalue weighted by Crippen LogP contribution is 2.28. The van der Waals surface area contributed by atoms with E-state index in [0.29, 0.717) is 37.0 Å². The number of piperazine rings is 1. The number of benzene rings is 2. The summed E-state index contributed by atoms with van der Waals surface area (Å²) in [5.74, 6) is -0.00680. The number of aromatic nitrogens is 2. The smallest absolute Gasteiger partial charge is 0.274 e. The van der Waals surface area contributed by atoms with Crippen molar-refractivity contribution in [2.24, 2.45) is 0 Å². The molecule has 2 aromatic carbocycles. The second kappa shape index (κ2) is 8.13. The zero-order valence-electron chi connectivity index (χ0n) is 16.6. The molecular formula is C23H23ClN4O2. The van der Waals surface area contributed by atoms with Crippen molar-refractivity contribution in [3.63, 3.8) is 0 Å². The Kier molecular flexibility index (Phi) is 5.19. The van der Waals surface area contributed by atoms with Crippen LogP contribution in [0.15, 0.2) is 60.7 Å². The number of fused-ring (bicyclic) bond motifs is 1. The van der Waals surface area contributed by atoms with Gasteiger partial charge in [0.15, 0.2) is 5.69 Å². The topological polar surface area (TPSA) is 50.6 Å². The number of carbonyl (C=O) groups excluding carboxylic acids is 1. The van der Waals surface area contributed by atoms with Gasteiger partial charge in [-0.1, -0.05) is 41.9 Å². The van der Waals surface area contributed by atoms with Crippen LogP contribution < -0.4 is 4.90 Å². The van der Waals surface area contributed by atoms with E-state index in [2.05, 4.69) is 22.1 Å². The minimum Gasteiger partial charge on any atom is -0.368 e. The molecule has 0 N–H and O–H groups in total. The first-order valence-corrected chi connectivity index (χ1v) is 10.6. The number of nitrogens with zero attached hydrogens (tertiary/aromatic N) is 4. The minimum atomic E-state index is -0.0907. The van der Waals surface area contributed by atoms with E-state index in [0.717, 1.165) is 24.3 Å². The summed E-state index contributed by atoms with van der Waals surface area (Å²) in [6, 6.07) is 19.9. The summed E-state index contributed by atoms with van der Waals surface area (Å²) in [5.41, 5.74) is 3.70. The standard InChI is InChI=1S/C23H23ClN4O2/c24-18-8-6-17(7-9-18)22-15-28-20(16-30-22)14-21(25-28)23(29)27-12-10-26(11-13-27)19-4-2-1-3-5-19/h1-9,14,22H,10-13,15-16H2/t22-/m1/s1. The maximum atomic E-state index is 13.0. The Morgan fingerprint density at radius 2 is 1.73 bits per heavy atom. The maximum absolute atomic E-state index is 13.0. The Morgan fingerprint density at radius 3 is 2.47 bits per heavy atom. The molecule has 30 heavy (non-hydrogen) atoms. The quantitative estimate of drug-likeness (QED) is 0.644. The molecule has 1 fully saturated rings. The first-order chi connectivity index (χ1) is 14.7. The molecule has 0 spiro atoms. The minimum absolute atomic E-state index is 0.00680. The van der Waals surface area contributed by atoms with Crippen molar-refractivity contribution in [2.45, 2.75) is 19.3 Å². The van der Waals surface area contributed by atoms with E-state index < -0.39 is 0 Å². The molecule has 154 valence electrons. The molecule has 6 nitrogen and oxygen atoms in total. The Balaban J connectivity index is 1.24. The predicted octanol–water partition coefficient (Wildman–Crippen LogP) is 3.77. The van der Waals surface area contributed by atoms with E-state index >= 15 is 0 Å². The van der Waals surface area contributed by atoms with Gasteiger partial charge in [0, 0.05) is 36.9 Å². The lowest BCUT2D eigenvalue weighted by Gasteiger charge is -2.35. The van der Waals surface area contributed by atoms with Gasteiger partial charge < -0.3 is 14.5 Å². The van der Waals surface area contributed by atoms with Crippen LogP contribution in [0, 0.1) is 0 Å². The average molecular weight is 423 g/mol. The molecule has 0 radical (unpaired) electrons. The van der Waals surface area contributed by atoms with Crippen LogP contribution in [0.25, 0.3) is 0 Å². The molecule has 2 aliphatic rings. The summed E-state index contributed by atoms with van der Waals surface area (Å²) in [7, 11) is 0. The van der Waals surface area contributed by atoms with E-state index in [1.54, 1.807) is 0 Å². The Labute approximate surface area is 180 Å². The van der Waals surface area contributed by atoms with Gasteiger partial charge in [0.1, 0.15) is 6.10 Å². The van der Waals surface area contributed by atoms with Crippen LogP contribution in [-0.4, -0.2) is 46.8 Å². The van der Waals surface area contributed by atoms with Crippen LogP contribution in [0.2, 0.25) is 5.02 Å². The van der Waals surface area contributed by atoms with Crippen molar-refractivity contribution in [3.8, 4) is 0 Å². The molecule has 3 aromatic rings. The summed E-state index contributed by atoms with van der Waals surface area (Å²) >= 11 is 5.98. The van der Waals surface area contributed by atoms with Crippen LogP contribution >= 0.6 is 11.6 Å². The number of ether oxygens (including phenoxy) is 1. The van der Waals surface area contributed by atoms with Gasteiger partial charge in [-0.2, -0.15) is 5.10 Å². The lowest BCUT2D eigenvalue weighted by atomic mass is 10.1. The largest absolute Gasteiger partial charge is 0.368 e. The fourth-order valence-corrected chi connectivity index (χ4v) is 4.20. The van der Waals surface area contributed by atoms with Crippen molar-refractivity contribution >= 4 is 23.2 Å². The molecule has 2 aliphatic heterocycles. The van der Waals surface area contributed by atoms with E-state index in [1.807, 2.05) is 58.1 Å². The van der Waals surface area contributed by atoms with Crippen LogP contribution in [0.1, 0.15) is 27.8 Å². The average Bonchev–Trinajstić information content (AvgIpc) is 3.23. The van der Waals surface area contributed by atoms with Crippen molar-refractivity contribution in [2.75, 3.05) is 31.1 Å². The van der Waals surface area contributed by atoms with Gasteiger partial charge in [-0.15, -0.1) is 0 Å². The number of carbonyl (C=O) groups is 1. The van der Waals surface area contributed by atoms with Gasteiger partial charge >= 0.3 is 0 Å². The SMILES string of the molecule is O=C(c1cc2n(n1)C[C@H](c1ccc(Cl)cc1)OC2)N1CCN(c2ccccc2)CC1. The third-order valence-corrected chi connectivity index (χ3v) is 6.04. The number of rotatable bonds is 3. The highest BCUT2D eigenvalue weighted by Gasteiger charge is 2.28. The number of halogens is 1. The first kappa shape index (κ1) is 19.2. The number of hydrogen-bond acceptors (Lipinski definition) is 4. The van der Waals surface area contributed by atoms with Crippen molar-refractivity contribution in [3.05, 3.63) is 82.6 Å². The second-order valence-corrected chi connectivity index (χ2v) is 8.11. The van der Waals surface area contributed by atoms with Gasteiger partial charge in [-0.25, -0.2) is 0 Å². The van der Waals surface area contributed by atoms with Gasteiger partial charge in [0.05, 0.1) is 18.8 Å². The zero-order chi connectivity index (χ0) is 20.5. The third-order valence-electron chi connectivity index (χ3n) is 5.78. The molecule has 0 saturated carbocycles. The van der Waals surface area contributed by atoms with Crippen LogP contribution in [-0.2, 0) is 17.9 Å². The highest BCUT2D eigenvalue weighted by atomic mass is 35.5. The summed E-state index contributed by atoms with van der Waals surface area (Å²) in [6.07, 6.45) is -0.0907. The predicted molar refractivity (Wildman–Crippen MR) is 116 cm³/mol. The molecule has 1 saturated heterocycles. The summed E-state index contributed by atoms with van der Waals surface area (Å²) < 4.78 is 7.90. The van der Waals surface area contributed by atoms with Crippen LogP contribution in [0.3, 0.4) is 0 Å².